The minimum atomic E-state index is -0.525. The van der Waals surface area contributed by atoms with E-state index in [4.69, 9.17) is 0 Å². The second-order valence-corrected chi connectivity index (χ2v) is 4.96. The van der Waals surface area contributed by atoms with Crippen LogP contribution in [0.5, 0.6) is 0 Å². The summed E-state index contributed by atoms with van der Waals surface area (Å²) in [4.78, 5) is 15.6. The van der Waals surface area contributed by atoms with E-state index < -0.39 is 6.10 Å². The molecule has 1 aliphatic heterocycles. The summed E-state index contributed by atoms with van der Waals surface area (Å²) < 4.78 is 0. The molecule has 2 rings (SSSR count). The van der Waals surface area contributed by atoms with Crippen LogP contribution in [0.4, 0.5) is 5.69 Å². The third-order valence-electron chi connectivity index (χ3n) is 3.49. The van der Waals surface area contributed by atoms with Gasteiger partial charge < -0.3 is 20.0 Å². The van der Waals surface area contributed by atoms with Crippen LogP contribution in [0.15, 0.2) is 30.3 Å². The molecular formula is C14H20N2O3. The Morgan fingerprint density at radius 1 is 1.42 bits per heavy atom. The van der Waals surface area contributed by atoms with Crippen molar-refractivity contribution in [1.29, 1.82) is 0 Å². The topological polar surface area (TPSA) is 64.0 Å². The molecule has 1 saturated heterocycles. The zero-order valence-electron chi connectivity index (χ0n) is 11.1. The highest BCUT2D eigenvalue weighted by Gasteiger charge is 2.33. The fraction of sp³-hybridized carbons (Fsp3) is 0.500. The number of amides is 1. The van der Waals surface area contributed by atoms with Gasteiger partial charge in [-0.25, -0.2) is 0 Å². The monoisotopic (exact) mass is 264 g/mol. The van der Waals surface area contributed by atoms with E-state index in [0.29, 0.717) is 13.0 Å². The van der Waals surface area contributed by atoms with E-state index in [2.05, 4.69) is 0 Å². The standard InChI is InChI=1S/C14H20N2O3/c1-15(11-5-3-2-4-6-11)9-14(19)16-8-13(18)7-12(16)10-17/h2-6,12-13,17-18H,7-10H2,1H3/t12-,13+/m0/s1. The Bertz CT molecular complexity index is 424. The predicted octanol–water partition coefficient (Wildman–Crippen LogP) is 0.0769. The normalized spacial score (nSPS) is 22.6. The first-order valence-electron chi connectivity index (χ1n) is 6.46. The van der Waals surface area contributed by atoms with Gasteiger partial charge in [0.05, 0.1) is 25.3 Å². The maximum absolute atomic E-state index is 12.2. The number of benzene rings is 1. The van der Waals surface area contributed by atoms with Crippen molar-refractivity contribution >= 4 is 11.6 Å². The number of β-amino-alcohol motifs (C(OH)–C–C–N with tert-alkyl or cyclic N) is 1. The molecule has 0 aliphatic carbocycles. The van der Waals surface area contributed by atoms with E-state index in [-0.39, 0.29) is 25.1 Å². The van der Waals surface area contributed by atoms with Crippen molar-refractivity contribution in [3.8, 4) is 0 Å². The molecule has 5 heteroatoms. The summed E-state index contributed by atoms with van der Waals surface area (Å²) in [6, 6.07) is 9.40. The Hall–Kier alpha value is -1.59. The van der Waals surface area contributed by atoms with Crippen molar-refractivity contribution < 1.29 is 15.0 Å². The number of carbonyl (C=O) groups excluding carboxylic acids is 1. The molecule has 19 heavy (non-hydrogen) atoms. The largest absolute Gasteiger partial charge is 0.394 e. The van der Waals surface area contributed by atoms with Crippen molar-refractivity contribution in [3.63, 3.8) is 0 Å². The number of likely N-dealkylation sites (N-methyl/N-ethyl adjacent to an activating group) is 1. The highest BCUT2D eigenvalue weighted by Crippen LogP contribution is 2.18. The minimum Gasteiger partial charge on any atom is -0.394 e. The van der Waals surface area contributed by atoms with Crippen molar-refractivity contribution in [2.45, 2.75) is 18.6 Å². The maximum atomic E-state index is 12.2. The SMILES string of the molecule is CN(CC(=O)N1C[C@H](O)C[C@H]1CO)c1ccccc1. The summed E-state index contributed by atoms with van der Waals surface area (Å²) in [7, 11) is 1.85. The van der Waals surface area contributed by atoms with Crippen molar-refractivity contribution in [1.82, 2.24) is 4.90 Å². The summed E-state index contributed by atoms with van der Waals surface area (Å²) in [5.74, 6) is -0.0676. The molecule has 2 N–H and O–H groups in total. The number of aliphatic hydroxyl groups is 2. The van der Waals surface area contributed by atoms with Gasteiger partial charge in [0.1, 0.15) is 0 Å². The number of carbonyl (C=O) groups is 1. The first-order chi connectivity index (χ1) is 9.11. The zero-order chi connectivity index (χ0) is 13.8. The predicted molar refractivity (Wildman–Crippen MR) is 72.9 cm³/mol. The number of nitrogens with zero attached hydrogens (tertiary/aromatic N) is 2. The Labute approximate surface area is 113 Å². The summed E-state index contributed by atoms with van der Waals surface area (Å²) in [6.07, 6.45) is -0.0692. The highest BCUT2D eigenvalue weighted by atomic mass is 16.3. The lowest BCUT2D eigenvalue weighted by molar-refractivity contribution is -0.131. The van der Waals surface area contributed by atoms with Crippen LogP contribution in [-0.2, 0) is 4.79 Å². The van der Waals surface area contributed by atoms with Crippen LogP contribution in [0.2, 0.25) is 0 Å². The maximum Gasteiger partial charge on any atom is 0.242 e. The molecule has 1 aromatic rings. The molecule has 0 spiro atoms. The molecule has 0 saturated carbocycles. The Morgan fingerprint density at radius 2 is 2.11 bits per heavy atom. The van der Waals surface area contributed by atoms with Gasteiger partial charge in [0.25, 0.3) is 0 Å². The first kappa shape index (κ1) is 13.8. The lowest BCUT2D eigenvalue weighted by Crippen LogP contribution is -2.43. The Morgan fingerprint density at radius 3 is 2.74 bits per heavy atom. The van der Waals surface area contributed by atoms with E-state index in [0.717, 1.165) is 5.69 Å². The number of para-hydroxylation sites is 1. The van der Waals surface area contributed by atoms with E-state index in [1.165, 1.54) is 0 Å². The second-order valence-electron chi connectivity index (χ2n) is 4.96. The molecule has 1 heterocycles. The van der Waals surface area contributed by atoms with Crippen molar-refractivity contribution in [2.24, 2.45) is 0 Å². The molecule has 0 aromatic heterocycles. The molecule has 1 amide bonds. The van der Waals surface area contributed by atoms with Crippen LogP contribution < -0.4 is 4.90 Å². The number of rotatable bonds is 4. The van der Waals surface area contributed by atoms with Gasteiger partial charge in [0.2, 0.25) is 5.91 Å². The molecule has 5 nitrogen and oxygen atoms in total. The number of hydrogen-bond acceptors (Lipinski definition) is 4. The summed E-state index contributed by atoms with van der Waals surface area (Å²) in [6.45, 7) is 0.456. The van der Waals surface area contributed by atoms with Crippen LogP contribution in [0.25, 0.3) is 0 Å². The third-order valence-corrected chi connectivity index (χ3v) is 3.49. The molecule has 104 valence electrons. The van der Waals surface area contributed by atoms with Gasteiger partial charge >= 0.3 is 0 Å². The van der Waals surface area contributed by atoms with Crippen molar-refractivity contribution in [3.05, 3.63) is 30.3 Å². The average molecular weight is 264 g/mol. The molecule has 0 unspecified atom stereocenters. The van der Waals surface area contributed by atoms with E-state index in [1.807, 2.05) is 42.3 Å². The van der Waals surface area contributed by atoms with Gasteiger partial charge in [-0.1, -0.05) is 18.2 Å². The average Bonchev–Trinajstić information content (AvgIpc) is 2.81. The van der Waals surface area contributed by atoms with Gasteiger partial charge in [-0.2, -0.15) is 0 Å². The van der Waals surface area contributed by atoms with Gasteiger partial charge in [-0.15, -0.1) is 0 Å². The number of aliphatic hydroxyl groups excluding tert-OH is 2. The van der Waals surface area contributed by atoms with Crippen LogP contribution in [0.3, 0.4) is 0 Å². The van der Waals surface area contributed by atoms with Crippen LogP contribution in [0, 0.1) is 0 Å². The van der Waals surface area contributed by atoms with Gasteiger partial charge in [0.15, 0.2) is 0 Å². The van der Waals surface area contributed by atoms with Crippen LogP contribution >= 0.6 is 0 Å². The Kier molecular flexibility index (Phi) is 4.39. The molecule has 0 radical (unpaired) electrons. The first-order valence-corrected chi connectivity index (χ1v) is 6.46. The summed E-state index contributed by atoms with van der Waals surface area (Å²) >= 11 is 0. The zero-order valence-corrected chi connectivity index (χ0v) is 11.1. The van der Waals surface area contributed by atoms with Gasteiger partial charge in [-0.3, -0.25) is 4.79 Å². The summed E-state index contributed by atoms with van der Waals surface area (Å²) in [5, 5.41) is 18.8. The minimum absolute atomic E-state index is 0.0676. The lowest BCUT2D eigenvalue weighted by atomic mass is 10.2. The van der Waals surface area contributed by atoms with Gasteiger partial charge in [0, 0.05) is 19.3 Å². The molecule has 2 atom stereocenters. The van der Waals surface area contributed by atoms with E-state index in [1.54, 1.807) is 4.90 Å². The number of anilines is 1. The smallest absolute Gasteiger partial charge is 0.242 e. The fourth-order valence-electron chi connectivity index (χ4n) is 2.44. The van der Waals surface area contributed by atoms with E-state index in [9.17, 15) is 15.0 Å². The van der Waals surface area contributed by atoms with Crippen LogP contribution in [0.1, 0.15) is 6.42 Å². The van der Waals surface area contributed by atoms with E-state index >= 15 is 0 Å². The molecule has 0 bridgehead atoms. The molecule has 1 fully saturated rings. The highest BCUT2D eigenvalue weighted by molar-refractivity contribution is 5.82. The molecular weight excluding hydrogens is 244 g/mol. The summed E-state index contributed by atoms with van der Waals surface area (Å²) in [5.41, 5.74) is 0.969. The number of hydrogen-bond donors (Lipinski definition) is 2. The fourth-order valence-corrected chi connectivity index (χ4v) is 2.44. The second kappa shape index (κ2) is 6.04. The lowest BCUT2D eigenvalue weighted by Gasteiger charge is -2.26. The quantitative estimate of drug-likeness (QED) is 0.808. The van der Waals surface area contributed by atoms with Crippen LogP contribution in [-0.4, -0.2) is 59.9 Å². The van der Waals surface area contributed by atoms with Crippen molar-refractivity contribution in [2.75, 3.05) is 31.6 Å². The van der Waals surface area contributed by atoms with Gasteiger partial charge in [-0.05, 0) is 18.6 Å². The third kappa shape index (κ3) is 3.24. The Balaban J connectivity index is 1.97. The number of likely N-dealkylation sites (tertiary alicyclic amines) is 1. The molecule has 1 aromatic carbocycles. The molecule has 1 aliphatic rings.